The summed E-state index contributed by atoms with van der Waals surface area (Å²) in [5, 5.41) is 16.0. The molecule has 19 heavy (non-hydrogen) atoms. The summed E-state index contributed by atoms with van der Waals surface area (Å²) in [5.41, 5.74) is 0. The first-order valence-corrected chi connectivity index (χ1v) is 5.86. The summed E-state index contributed by atoms with van der Waals surface area (Å²) >= 11 is 0. The minimum absolute atomic E-state index is 0.0355. The van der Waals surface area contributed by atoms with Crippen LogP contribution in [0.5, 0.6) is 0 Å². The van der Waals surface area contributed by atoms with Crippen LogP contribution in [-0.4, -0.2) is 41.6 Å². The maximum atomic E-state index is 11.4. The number of hydrogen-bond donors (Lipinski definition) is 4. The van der Waals surface area contributed by atoms with Gasteiger partial charge in [0.25, 0.3) is 0 Å². The highest BCUT2D eigenvalue weighted by Gasteiger charge is 2.18. The second kappa shape index (κ2) is 8.80. The van der Waals surface area contributed by atoms with Gasteiger partial charge < -0.3 is 21.1 Å². The zero-order chi connectivity index (χ0) is 14.8. The molecule has 0 aliphatic heterocycles. The summed E-state index contributed by atoms with van der Waals surface area (Å²) in [7, 11) is 0. The van der Waals surface area contributed by atoms with Crippen molar-refractivity contribution in [3.63, 3.8) is 0 Å². The van der Waals surface area contributed by atoms with E-state index in [1.165, 1.54) is 0 Å². The van der Waals surface area contributed by atoms with Gasteiger partial charge in [0.05, 0.1) is 0 Å². The fraction of sp³-hybridized carbons (Fsp3) is 0.583. The van der Waals surface area contributed by atoms with Crippen molar-refractivity contribution in [1.82, 2.24) is 16.0 Å². The van der Waals surface area contributed by atoms with Gasteiger partial charge in [-0.1, -0.05) is 0 Å². The third-order valence-corrected chi connectivity index (χ3v) is 2.01. The van der Waals surface area contributed by atoms with Gasteiger partial charge in [0, 0.05) is 25.4 Å². The molecule has 0 radical (unpaired) electrons. The molecule has 0 aliphatic carbocycles. The Morgan fingerprint density at radius 1 is 1.26 bits per heavy atom. The Labute approximate surface area is 112 Å². The van der Waals surface area contributed by atoms with Crippen molar-refractivity contribution in [3.8, 4) is 12.3 Å². The summed E-state index contributed by atoms with van der Waals surface area (Å²) in [6, 6.07) is -1.76. The average Bonchev–Trinajstić information content (AvgIpc) is 2.27. The Hall–Kier alpha value is -2.23. The van der Waals surface area contributed by atoms with Gasteiger partial charge in [-0.05, 0) is 13.8 Å². The smallest absolute Gasteiger partial charge is 0.327 e. The number of carboxylic acids is 1. The third-order valence-electron chi connectivity index (χ3n) is 2.01. The summed E-state index contributed by atoms with van der Waals surface area (Å²) in [6.45, 7) is 3.78. The van der Waals surface area contributed by atoms with Gasteiger partial charge in [-0.25, -0.2) is 9.59 Å². The van der Waals surface area contributed by atoms with Gasteiger partial charge in [-0.3, -0.25) is 4.79 Å². The summed E-state index contributed by atoms with van der Waals surface area (Å²) in [6.07, 6.45) is 5.01. The third kappa shape index (κ3) is 8.49. The molecule has 0 aromatic heterocycles. The zero-order valence-electron chi connectivity index (χ0n) is 11.0. The fourth-order valence-electron chi connectivity index (χ4n) is 1.21. The highest BCUT2D eigenvalue weighted by atomic mass is 16.4. The lowest BCUT2D eigenvalue weighted by atomic mass is 10.2. The highest BCUT2D eigenvalue weighted by Crippen LogP contribution is 1.90. The molecule has 3 amide bonds. The maximum absolute atomic E-state index is 11.4. The van der Waals surface area contributed by atoms with E-state index in [9.17, 15) is 14.4 Å². The van der Waals surface area contributed by atoms with E-state index in [1.54, 1.807) is 0 Å². The second-order valence-electron chi connectivity index (χ2n) is 4.17. The molecule has 0 fully saturated rings. The van der Waals surface area contributed by atoms with Crippen LogP contribution in [0.1, 0.15) is 26.7 Å². The van der Waals surface area contributed by atoms with Crippen LogP contribution in [-0.2, 0) is 9.59 Å². The molecule has 106 valence electrons. The summed E-state index contributed by atoms with van der Waals surface area (Å²) in [5.74, 6) is 0.773. The lowest BCUT2D eigenvalue weighted by Gasteiger charge is -2.13. The molecule has 7 heteroatoms. The number of rotatable bonds is 7. The van der Waals surface area contributed by atoms with Crippen molar-refractivity contribution in [2.75, 3.05) is 6.54 Å². The number of urea groups is 1. The quantitative estimate of drug-likeness (QED) is 0.475. The molecule has 0 saturated heterocycles. The first-order chi connectivity index (χ1) is 8.86. The van der Waals surface area contributed by atoms with Gasteiger partial charge in [0.2, 0.25) is 5.91 Å². The Morgan fingerprint density at radius 2 is 1.89 bits per heavy atom. The summed E-state index contributed by atoms with van der Waals surface area (Å²) in [4.78, 5) is 33.3. The van der Waals surface area contributed by atoms with Crippen LogP contribution < -0.4 is 16.0 Å². The van der Waals surface area contributed by atoms with E-state index in [0.29, 0.717) is 0 Å². The van der Waals surface area contributed by atoms with E-state index >= 15 is 0 Å². The van der Waals surface area contributed by atoms with Crippen LogP contribution in [0.25, 0.3) is 0 Å². The first kappa shape index (κ1) is 16.8. The number of amides is 3. The second-order valence-corrected chi connectivity index (χ2v) is 4.17. The van der Waals surface area contributed by atoms with Gasteiger partial charge in [-0.15, -0.1) is 12.3 Å². The minimum Gasteiger partial charge on any atom is -0.480 e. The minimum atomic E-state index is -1.20. The van der Waals surface area contributed by atoms with E-state index in [2.05, 4.69) is 21.9 Å². The molecule has 0 saturated carbocycles. The van der Waals surface area contributed by atoms with E-state index < -0.39 is 18.0 Å². The average molecular weight is 269 g/mol. The maximum Gasteiger partial charge on any atom is 0.327 e. The molecule has 7 nitrogen and oxygen atoms in total. The standard InChI is InChI=1S/C12H19N3O4/c1-4-5-9(11(17)18)15-12(19)13-7-6-10(16)14-8(2)3/h1,8-9H,5-7H2,2-3H3,(H,14,16)(H,17,18)(H2,13,15,19). The molecular formula is C12H19N3O4. The number of carboxylic acid groups (broad SMARTS) is 1. The van der Waals surface area contributed by atoms with Gasteiger partial charge in [0.15, 0.2) is 0 Å². The van der Waals surface area contributed by atoms with Crippen LogP contribution in [0.2, 0.25) is 0 Å². The van der Waals surface area contributed by atoms with Crippen LogP contribution in [0.15, 0.2) is 0 Å². The van der Waals surface area contributed by atoms with Gasteiger partial charge >= 0.3 is 12.0 Å². The molecule has 0 aromatic carbocycles. The number of terminal acetylenes is 1. The van der Waals surface area contributed by atoms with Crippen molar-refractivity contribution in [1.29, 1.82) is 0 Å². The molecule has 0 aliphatic rings. The molecule has 4 N–H and O–H groups in total. The molecule has 0 spiro atoms. The number of nitrogens with one attached hydrogen (secondary N) is 3. The van der Waals surface area contributed by atoms with Crippen molar-refractivity contribution in [2.24, 2.45) is 0 Å². The van der Waals surface area contributed by atoms with Crippen molar-refractivity contribution < 1.29 is 19.5 Å². The molecule has 0 rings (SSSR count). The van der Waals surface area contributed by atoms with E-state index in [1.807, 2.05) is 13.8 Å². The lowest BCUT2D eigenvalue weighted by Crippen LogP contribution is -2.46. The Bertz CT molecular complexity index is 374. The largest absolute Gasteiger partial charge is 0.480 e. The molecule has 0 aromatic rings. The molecular weight excluding hydrogens is 250 g/mol. The van der Waals surface area contributed by atoms with Crippen LogP contribution >= 0.6 is 0 Å². The van der Waals surface area contributed by atoms with Crippen molar-refractivity contribution >= 4 is 17.9 Å². The SMILES string of the molecule is C#CCC(NC(=O)NCCC(=O)NC(C)C)C(=O)O. The van der Waals surface area contributed by atoms with Crippen LogP contribution in [0.3, 0.4) is 0 Å². The molecule has 0 bridgehead atoms. The number of aliphatic carboxylic acids is 1. The van der Waals surface area contributed by atoms with E-state index in [4.69, 9.17) is 11.5 Å². The highest BCUT2D eigenvalue weighted by molar-refractivity contribution is 5.83. The molecule has 0 heterocycles. The fourth-order valence-corrected chi connectivity index (χ4v) is 1.21. The van der Waals surface area contributed by atoms with Crippen LogP contribution in [0, 0.1) is 12.3 Å². The Balaban J connectivity index is 3.95. The van der Waals surface area contributed by atoms with Gasteiger partial charge in [0.1, 0.15) is 6.04 Å². The monoisotopic (exact) mass is 269 g/mol. The number of carbonyl (C=O) groups excluding carboxylic acids is 2. The predicted molar refractivity (Wildman–Crippen MR) is 69.3 cm³/mol. The van der Waals surface area contributed by atoms with Crippen molar-refractivity contribution in [2.45, 2.75) is 38.8 Å². The first-order valence-electron chi connectivity index (χ1n) is 5.86. The number of hydrogen-bond acceptors (Lipinski definition) is 3. The normalized spacial score (nSPS) is 11.3. The number of carbonyl (C=O) groups is 3. The van der Waals surface area contributed by atoms with E-state index in [-0.39, 0.29) is 31.3 Å². The summed E-state index contributed by atoms with van der Waals surface area (Å²) < 4.78 is 0. The molecule has 1 atom stereocenters. The molecule has 1 unspecified atom stereocenters. The Morgan fingerprint density at radius 3 is 2.37 bits per heavy atom. The lowest BCUT2D eigenvalue weighted by molar-refractivity contribution is -0.139. The van der Waals surface area contributed by atoms with Gasteiger partial charge in [-0.2, -0.15) is 0 Å². The topological polar surface area (TPSA) is 108 Å². The van der Waals surface area contributed by atoms with Crippen molar-refractivity contribution in [3.05, 3.63) is 0 Å². The predicted octanol–water partition coefficient (Wildman–Crippen LogP) is -0.323. The van der Waals surface area contributed by atoms with E-state index in [0.717, 1.165) is 0 Å². The van der Waals surface area contributed by atoms with Crippen LogP contribution in [0.4, 0.5) is 4.79 Å². The zero-order valence-corrected chi connectivity index (χ0v) is 11.0. The Kier molecular flexibility index (Phi) is 7.77.